The molecule has 0 spiro atoms. The van der Waals surface area contributed by atoms with Crippen molar-refractivity contribution in [3.63, 3.8) is 0 Å². The summed E-state index contributed by atoms with van der Waals surface area (Å²) < 4.78 is 7.60. The van der Waals surface area contributed by atoms with E-state index in [0.717, 1.165) is 11.4 Å². The van der Waals surface area contributed by atoms with Gasteiger partial charge in [-0.15, -0.1) is 0 Å². The van der Waals surface area contributed by atoms with Crippen LogP contribution in [0.25, 0.3) is 5.69 Å². The number of ether oxygens (including phenoxy) is 1. The Morgan fingerprint density at radius 1 is 1.35 bits per heavy atom. The summed E-state index contributed by atoms with van der Waals surface area (Å²) in [5, 5.41) is 0. The Morgan fingerprint density at radius 3 is 2.71 bits per heavy atom. The fourth-order valence-corrected chi connectivity index (χ4v) is 1.60. The first kappa shape index (κ1) is 11.5. The molecule has 1 aromatic heterocycles. The number of hydrogen-bond acceptors (Lipinski definition) is 3. The quantitative estimate of drug-likeness (QED) is 0.826. The summed E-state index contributed by atoms with van der Waals surface area (Å²) in [7, 11) is 0. The van der Waals surface area contributed by atoms with Gasteiger partial charge in [0.1, 0.15) is 5.75 Å². The van der Waals surface area contributed by atoms with Crippen molar-refractivity contribution in [1.29, 1.82) is 0 Å². The minimum absolute atomic E-state index is 0.108. The van der Waals surface area contributed by atoms with E-state index in [1.54, 1.807) is 6.33 Å². The number of aromatic nitrogens is 2. The van der Waals surface area contributed by atoms with Crippen LogP contribution in [0.4, 0.5) is 5.69 Å². The van der Waals surface area contributed by atoms with Crippen molar-refractivity contribution >= 4 is 5.69 Å². The van der Waals surface area contributed by atoms with E-state index < -0.39 is 0 Å². The molecule has 4 heteroatoms. The maximum atomic E-state index is 5.87. The van der Waals surface area contributed by atoms with Gasteiger partial charge in [-0.1, -0.05) is 0 Å². The zero-order valence-electron chi connectivity index (χ0n) is 10.3. The minimum Gasteiger partial charge on any atom is -0.489 e. The van der Waals surface area contributed by atoms with Gasteiger partial charge in [0, 0.05) is 12.3 Å². The van der Waals surface area contributed by atoms with Crippen LogP contribution in [-0.2, 0) is 0 Å². The molecule has 1 heterocycles. The number of benzene rings is 1. The van der Waals surface area contributed by atoms with Crippen molar-refractivity contribution in [3.8, 4) is 11.4 Å². The second-order valence-electron chi connectivity index (χ2n) is 4.31. The Bertz CT molecular complexity index is 517. The average molecular weight is 231 g/mol. The van der Waals surface area contributed by atoms with Crippen LogP contribution in [0, 0.1) is 6.92 Å². The van der Waals surface area contributed by atoms with Crippen molar-refractivity contribution in [2.75, 3.05) is 5.73 Å². The highest BCUT2D eigenvalue weighted by atomic mass is 16.5. The number of aryl methyl sites for hydroxylation is 1. The van der Waals surface area contributed by atoms with Gasteiger partial charge in [0.2, 0.25) is 0 Å². The second kappa shape index (κ2) is 4.49. The van der Waals surface area contributed by atoms with Gasteiger partial charge in [-0.2, -0.15) is 0 Å². The Kier molecular flexibility index (Phi) is 3.04. The van der Waals surface area contributed by atoms with Gasteiger partial charge >= 0.3 is 0 Å². The molecule has 4 nitrogen and oxygen atoms in total. The lowest BCUT2D eigenvalue weighted by Crippen LogP contribution is -2.08. The predicted octanol–water partition coefficient (Wildman–Crippen LogP) is 2.55. The first-order chi connectivity index (χ1) is 8.06. The lowest BCUT2D eigenvalue weighted by atomic mass is 10.2. The highest BCUT2D eigenvalue weighted by molar-refractivity contribution is 5.57. The van der Waals surface area contributed by atoms with E-state index in [0.29, 0.717) is 11.4 Å². The molecule has 0 fully saturated rings. The van der Waals surface area contributed by atoms with Gasteiger partial charge in [0.15, 0.2) is 0 Å². The standard InChI is InChI=1S/C13H17N3O/c1-9(2)17-13-6-11(4-5-12(13)14)16-7-10(3)15-8-16/h4-9H,14H2,1-3H3. The maximum absolute atomic E-state index is 5.87. The van der Waals surface area contributed by atoms with Gasteiger partial charge in [-0.25, -0.2) is 4.98 Å². The van der Waals surface area contributed by atoms with Gasteiger partial charge in [-0.05, 0) is 32.9 Å². The summed E-state index contributed by atoms with van der Waals surface area (Å²) in [5.74, 6) is 0.712. The van der Waals surface area contributed by atoms with Crippen LogP contribution in [0.5, 0.6) is 5.75 Å². The summed E-state index contributed by atoms with van der Waals surface area (Å²) in [5.41, 5.74) is 8.50. The van der Waals surface area contributed by atoms with Crippen molar-refractivity contribution in [3.05, 3.63) is 36.4 Å². The van der Waals surface area contributed by atoms with E-state index in [-0.39, 0.29) is 6.10 Å². The highest BCUT2D eigenvalue weighted by Crippen LogP contribution is 2.25. The van der Waals surface area contributed by atoms with E-state index in [1.807, 2.05) is 49.7 Å². The number of anilines is 1. The summed E-state index contributed by atoms with van der Waals surface area (Å²) in [6.45, 7) is 5.92. The van der Waals surface area contributed by atoms with E-state index in [1.165, 1.54) is 0 Å². The molecular formula is C13H17N3O. The van der Waals surface area contributed by atoms with Gasteiger partial charge in [0.25, 0.3) is 0 Å². The third kappa shape index (κ3) is 2.58. The zero-order chi connectivity index (χ0) is 12.4. The lowest BCUT2D eigenvalue weighted by molar-refractivity contribution is 0.244. The molecule has 0 bridgehead atoms. The zero-order valence-corrected chi connectivity index (χ0v) is 10.3. The van der Waals surface area contributed by atoms with Crippen LogP contribution < -0.4 is 10.5 Å². The molecule has 0 radical (unpaired) electrons. The van der Waals surface area contributed by atoms with Crippen LogP contribution in [0.2, 0.25) is 0 Å². The summed E-state index contributed by atoms with van der Waals surface area (Å²) in [6, 6.07) is 5.72. The number of nitrogens with two attached hydrogens (primary N) is 1. The molecule has 0 aliphatic carbocycles. The maximum Gasteiger partial charge on any atom is 0.144 e. The molecule has 0 unspecified atom stereocenters. The monoisotopic (exact) mass is 231 g/mol. The molecule has 0 saturated carbocycles. The summed E-state index contributed by atoms with van der Waals surface area (Å²) >= 11 is 0. The van der Waals surface area contributed by atoms with Crippen LogP contribution in [-0.4, -0.2) is 15.7 Å². The fourth-order valence-electron chi connectivity index (χ4n) is 1.60. The van der Waals surface area contributed by atoms with E-state index >= 15 is 0 Å². The van der Waals surface area contributed by atoms with Crippen LogP contribution in [0.1, 0.15) is 19.5 Å². The normalized spacial score (nSPS) is 10.8. The average Bonchev–Trinajstić information content (AvgIpc) is 2.67. The van der Waals surface area contributed by atoms with Crippen molar-refractivity contribution in [2.24, 2.45) is 0 Å². The van der Waals surface area contributed by atoms with E-state index in [9.17, 15) is 0 Å². The summed E-state index contributed by atoms with van der Waals surface area (Å²) in [6.07, 6.45) is 3.85. The molecular weight excluding hydrogens is 214 g/mol. The number of imidazole rings is 1. The summed E-state index contributed by atoms with van der Waals surface area (Å²) in [4.78, 5) is 4.20. The molecule has 0 saturated heterocycles. The molecule has 17 heavy (non-hydrogen) atoms. The number of rotatable bonds is 3. The first-order valence-corrected chi connectivity index (χ1v) is 5.63. The van der Waals surface area contributed by atoms with Crippen LogP contribution in [0.15, 0.2) is 30.7 Å². The van der Waals surface area contributed by atoms with Crippen molar-refractivity contribution in [1.82, 2.24) is 9.55 Å². The first-order valence-electron chi connectivity index (χ1n) is 5.63. The number of nitrogen functional groups attached to an aromatic ring is 1. The fraction of sp³-hybridized carbons (Fsp3) is 0.308. The predicted molar refractivity (Wildman–Crippen MR) is 68.5 cm³/mol. The molecule has 2 N–H and O–H groups in total. The Labute approximate surface area is 101 Å². The van der Waals surface area contributed by atoms with Gasteiger partial charge in [0.05, 0.1) is 29.5 Å². The number of hydrogen-bond donors (Lipinski definition) is 1. The Morgan fingerprint density at radius 2 is 2.12 bits per heavy atom. The van der Waals surface area contributed by atoms with Crippen molar-refractivity contribution < 1.29 is 4.74 Å². The van der Waals surface area contributed by atoms with E-state index in [2.05, 4.69) is 4.98 Å². The molecule has 2 rings (SSSR count). The Hall–Kier alpha value is -1.97. The lowest BCUT2D eigenvalue weighted by Gasteiger charge is -2.13. The molecule has 90 valence electrons. The SMILES string of the molecule is Cc1cn(-c2ccc(N)c(OC(C)C)c2)cn1. The molecule has 0 aliphatic rings. The van der Waals surface area contributed by atoms with Crippen LogP contribution >= 0.6 is 0 Å². The number of nitrogens with zero attached hydrogens (tertiary/aromatic N) is 2. The molecule has 0 atom stereocenters. The second-order valence-corrected chi connectivity index (χ2v) is 4.31. The molecule has 0 amide bonds. The molecule has 0 aliphatic heterocycles. The largest absolute Gasteiger partial charge is 0.489 e. The molecule has 2 aromatic rings. The Balaban J connectivity index is 2.36. The third-order valence-corrected chi connectivity index (χ3v) is 2.37. The van der Waals surface area contributed by atoms with Crippen molar-refractivity contribution in [2.45, 2.75) is 26.9 Å². The highest BCUT2D eigenvalue weighted by Gasteiger charge is 2.06. The van der Waals surface area contributed by atoms with Gasteiger partial charge in [-0.3, -0.25) is 0 Å². The van der Waals surface area contributed by atoms with Gasteiger partial charge < -0.3 is 15.0 Å². The minimum atomic E-state index is 0.108. The third-order valence-electron chi connectivity index (χ3n) is 2.37. The van der Waals surface area contributed by atoms with E-state index in [4.69, 9.17) is 10.5 Å². The van der Waals surface area contributed by atoms with Crippen LogP contribution in [0.3, 0.4) is 0 Å². The molecule has 1 aromatic carbocycles. The smallest absolute Gasteiger partial charge is 0.144 e. The topological polar surface area (TPSA) is 53.1 Å².